The first-order valence-electron chi connectivity index (χ1n) is 5.04. The lowest BCUT2D eigenvalue weighted by atomic mass is 10.1. The van der Waals surface area contributed by atoms with Crippen LogP contribution in [0, 0.1) is 11.3 Å². The van der Waals surface area contributed by atoms with Gasteiger partial charge in [0, 0.05) is 4.90 Å². The number of thioether (sulfide) groups is 1. The van der Waals surface area contributed by atoms with E-state index in [0.717, 1.165) is 22.6 Å². The number of aliphatic hydroxyl groups is 1. The van der Waals surface area contributed by atoms with Crippen LogP contribution in [0.25, 0.3) is 0 Å². The van der Waals surface area contributed by atoms with Gasteiger partial charge in [0.15, 0.2) is 0 Å². The Kier molecular flexibility index (Phi) is 4.67. The third-order valence-electron chi connectivity index (χ3n) is 2.05. The maximum atomic E-state index is 9.57. The zero-order valence-corrected chi connectivity index (χ0v) is 9.84. The zero-order chi connectivity index (χ0) is 11.3. The lowest BCUT2D eigenvalue weighted by Crippen LogP contribution is -1.95. The first-order chi connectivity index (χ1) is 7.19. The van der Waals surface area contributed by atoms with Crippen LogP contribution in [0.15, 0.2) is 23.1 Å². The quantitative estimate of drug-likeness (QED) is 0.794. The molecule has 0 aromatic heterocycles. The fourth-order valence-corrected chi connectivity index (χ4v) is 2.33. The van der Waals surface area contributed by atoms with Gasteiger partial charge in [-0.1, -0.05) is 13.0 Å². The van der Waals surface area contributed by atoms with E-state index in [2.05, 4.69) is 13.0 Å². The second-order valence-electron chi connectivity index (χ2n) is 3.39. The van der Waals surface area contributed by atoms with E-state index in [4.69, 9.17) is 5.26 Å². The average molecular weight is 221 g/mol. The number of nitriles is 1. The standard InChI is InChI=1S/C12H15NOS/c1-3-6-15-12-7-10(8-13)4-5-11(12)9(2)14/h4-5,7,9,14H,3,6H2,1-2H3/t9-/m1/s1. The summed E-state index contributed by atoms with van der Waals surface area (Å²) >= 11 is 1.69. The molecule has 0 heterocycles. The van der Waals surface area contributed by atoms with Crippen LogP contribution < -0.4 is 0 Å². The fourth-order valence-electron chi connectivity index (χ4n) is 1.29. The van der Waals surface area contributed by atoms with E-state index in [1.807, 2.05) is 12.1 Å². The van der Waals surface area contributed by atoms with Crippen LogP contribution in [0.3, 0.4) is 0 Å². The van der Waals surface area contributed by atoms with Crippen molar-refractivity contribution in [3.8, 4) is 6.07 Å². The molecule has 1 N–H and O–H groups in total. The molecule has 2 nitrogen and oxygen atoms in total. The predicted octanol–water partition coefficient (Wildman–Crippen LogP) is 3.11. The molecule has 0 radical (unpaired) electrons. The Hall–Kier alpha value is -0.980. The van der Waals surface area contributed by atoms with Crippen molar-refractivity contribution in [2.45, 2.75) is 31.3 Å². The summed E-state index contributed by atoms with van der Waals surface area (Å²) < 4.78 is 0. The molecular weight excluding hydrogens is 206 g/mol. The average Bonchev–Trinajstić information content (AvgIpc) is 2.25. The van der Waals surface area contributed by atoms with E-state index in [-0.39, 0.29) is 0 Å². The van der Waals surface area contributed by atoms with E-state index < -0.39 is 6.10 Å². The zero-order valence-electron chi connectivity index (χ0n) is 9.03. The number of benzene rings is 1. The minimum Gasteiger partial charge on any atom is -0.389 e. The lowest BCUT2D eigenvalue weighted by molar-refractivity contribution is 0.196. The minimum atomic E-state index is -0.475. The summed E-state index contributed by atoms with van der Waals surface area (Å²) in [5, 5.41) is 18.4. The van der Waals surface area contributed by atoms with Crippen LogP contribution in [0.1, 0.15) is 37.5 Å². The van der Waals surface area contributed by atoms with Crippen molar-refractivity contribution in [1.82, 2.24) is 0 Å². The summed E-state index contributed by atoms with van der Waals surface area (Å²) in [6.45, 7) is 3.86. The van der Waals surface area contributed by atoms with E-state index in [1.54, 1.807) is 24.8 Å². The van der Waals surface area contributed by atoms with Crippen molar-refractivity contribution < 1.29 is 5.11 Å². The van der Waals surface area contributed by atoms with Gasteiger partial charge in [-0.3, -0.25) is 0 Å². The van der Waals surface area contributed by atoms with Gasteiger partial charge in [0.1, 0.15) is 0 Å². The predicted molar refractivity (Wildman–Crippen MR) is 62.8 cm³/mol. The van der Waals surface area contributed by atoms with Crippen molar-refractivity contribution in [3.63, 3.8) is 0 Å². The van der Waals surface area contributed by atoms with Gasteiger partial charge >= 0.3 is 0 Å². The van der Waals surface area contributed by atoms with Crippen LogP contribution in [-0.2, 0) is 0 Å². The number of nitrogens with zero attached hydrogens (tertiary/aromatic N) is 1. The van der Waals surface area contributed by atoms with Gasteiger partial charge in [-0.2, -0.15) is 5.26 Å². The summed E-state index contributed by atoms with van der Waals surface area (Å²) in [5.41, 5.74) is 1.56. The first kappa shape index (κ1) is 12.1. The highest BCUT2D eigenvalue weighted by Gasteiger charge is 2.08. The Bertz CT molecular complexity index is 368. The van der Waals surface area contributed by atoms with E-state index in [1.165, 1.54) is 0 Å². The fraction of sp³-hybridized carbons (Fsp3) is 0.417. The third-order valence-corrected chi connectivity index (χ3v) is 3.33. The van der Waals surface area contributed by atoms with Crippen LogP contribution >= 0.6 is 11.8 Å². The molecule has 0 saturated carbocycles. The van der Waals surface area contributed by atoms with Gasteiger partial charge in [-0.25, -0.2) is 0 Å². The molecule has 15 heavy (non-hydrogen) atoms. The molecule has 0 fully saturated rings. The molecule has 0 saturated heterocycles. The molecule has 0 aliphatic heterocycles. The Balaban J connectivity index is 3.01. The molecule has 0 bridgehead atoms. The highest BCUT2D eigenvalue weighted by Crippen LogP contribution is 2.28. The molecule has 0 amide bonds. The molecular formula is C12H15NOS. The Labute approximate surface area is 94.9 Å². The minimum absolute atomic E-state index is 0.475. The lowest BCUT2D eigenvalue weighted by Gasteiger charge is -2.11. The number of hydrogen-bond acceptors (Lipinski definition) is 3. The van der Waals surface area contributed by atoms with Crippen molar-refractivity contribution in [2.75, 3.05) is 5.75 Å². The summed E-state index contributed by atoms with van der Waals surface area (Å²) in [7, 11) is 0. The molecule has 1 atom stereocenters. The van der Waals surface area contributed by atoms with Gasteiger partial charge in [0.25, 0.3) is 0 Å². The van der Waals surface area contributed by atoms with Crippen LogP contribution in [0.5, 0.6) is 0 Å². The summed E-state index contributed by atoms with van der Waals surface area (Å²) in [6, 6.07) is 7.55. The number of hydrogen-bond donors (Lipinski definition) is 1. The monoisotopic (exact) mass is 221 g/mol. The third kappa shape index (κ3) is 3.26. The van der Waals surface area contributed by atoms with Crippen LogP contribution in [0.4, 0.5) is 0 Å². The van der Waals surface area contributed by atoms with Gasteiger partial charge in [0.2, 0.25) is 0 Å². The number of rotatable bonds is 4. The van der Waals surface area contributed by atoms with Gasteiger partial charge in [-0.15, -0.1) is 11.8 Å². The molecule has 80 valence electrons. The molecule has 1 aromatic carbocycles. The molecule has 0 spiro atoms. The van der Waals surface area contributed by atoms with Gasteiger partial charge in [0.05, 0.1) is 17.7 Å². The molecule has 0 unspecified atom stereocenters. The SMILES string of the molecule is CCCSc1cc(C#N)ccc1[C@@H](C)O. The molecule has 3 heteroatoms. The molecule has 1 rings (SSSR count). The van der Waals surface area contributed by atoms with E-state index in [9.17, 15) is 5.11 Å². The highest BCUT2D eigenvalue weighted by atomic mass is 32.2. The maximum absolute atomic E-state index is 9.57. The maximum Gasteiger partial charge on any atom is 0.0992 e. The summed E-state index contributed by atoms with van der Waals surface area (Å²) in [4.78, 5) is 1.02. The highest BCUT2D eigenvalue weighted by molar-refractivity contribution is 7.99. The van der Waals surface area contributed by atoms with Crippen molar-refractivity contribution in [3.05, 3.63) is 29.3 Å². The van der Waals surface area contributed by atoms with Gasteiger partial charge < -0.3 is 5.11 Å². The molecule has 0 aliphatic rings. The topological polar surface area (TPSA) is 44.0 Å². The van der Waals surface area contributed by atoms with Crippen LogP contribution in [0.2, 0.25) is 0 Å². The largest absolute Gasteiger partial charge is 0.389 e. The molecule has 0 aliphatic carbocycles. The van der Waals surface area contributed by atoms with Crippen molar-refractivity contribution in [2.24, 2.45) is 0 Å². The molecule has 1 aromatic rings. The summed E-state index contributed by atoms with van der Waals surface area (Å²) in [5.74, 6) is 1.01. The van der Waals surface area contributed by atoms with E-state index in [0.29, 0.717) is 5.56 Å². The van der Waals surface area contributed by atoms with Crippen molar-refractivity contribution >= 4 is 11.8 Å². The second-order valence-corrected chi connectivity index (χ2v) is 4.53. The van der Waals surface area contributed by atoms with Gasteiger partial charge in [-0.05, 0) is 36.8 Å². The van der Waals surface area contributed by atoms with Crippen LogP contribution in [-0.4, -0.2) is 10.9 Å². The number of aliphatic hydroxyl groups excluding tert-OH is 1. The summed E-state index contributed by atoms with van der Waals surface area (Å²) in [6.07, 6.45) is 0.609. The Morgan fingerprint density at radius 2 is 2.27 bits per heavy atom. The normalized spacial score (nSPS) is 12.1. The van der Waals surface area contributed by atoms with Crippen molar-refractivity contribution in [1.29, 1.82) is 5.26 Å². The smallest absolute Gasteiger partial charge is 0.0992 e. The van der Waals surface area contributed by atoms with E-state index >= 15 is 0 Å². The first-order valence-corrected chi connectivity index (χ1v) is 6.02. The second kappa shape index (κ2) is 5.79. The Morgan fingerprint density at radius 3 is 2.80 bits per heavy atom. The Morgan fingerprint density at radius 1 is 1.53 bits per heavy atom.